The predicted octanol–water partition coefficient (Wildman–Crippen LogP) is 2.50. The number of rotatable bonds is 1. The zero-order valence-corrected chi connectivity index (χ0v) is 7.94. The molecule has 0 unspecified atom stereocenters. The van der Waals surface area contributed by atoms with Crippen molar-refractivity contribution in [1.29, 1.82) is 0 Å². The lowest BCUT2D eigenvalue weighted by molar-refractivity contribution is 0.475. The summed E-state index contributed by atoms with van der Waals surface area (Å²) in [4.78, 5) is 7.85. The van der Waals surface area contributed by atoms with E-state index in [1.54, 1.807) is 24.3 Å². The Hall–Kier alpha value is -1.61. The summed E-state index contributed by atoms with van der Waals surface area (Å²) < 4.78 is 0. The molecule has 4 heteroatoms. The summed E-state index contributed by atoms with van der Waals surface area (Å²) in [6, 6.07) is 6.69. The fourth-order valence-corrected chi connectivity index (χ4v) is 1.36. The van der Waals surface area contributed by atoms with Gasteiger partial charge in [0.2, 0.25) is 0 Å². The predicted molar refractivity (Wildman–Crippen MR) is 54.1 cm³/mol. The first kappa shape index (κ1) is 8.97. The third-order valence-corrected chi connectivity index (χ3v) is 2.08. The molecule has 0 fully saturated rings. The molecule has 1 N–H and O–H groups in total. The van der Waals surface area contributed by atoms with E-state index in [0.717, 1.165) is 5.56 Å². The molecule has 1 aromatic carbocycles. The van der Waals surface area contributed by atoms with Gasteiger partial charge in [0.1, 0.15) is 12.1 Å². The highest BCUT2D eigenvalue weighted by atomic mass is 35.5. The number of aromatic nitrogens is 2. The fourth-order valence-electron chi connectivity index (χ4n) is 1.14. The van der Waals surface area contributed by atoms with Crippen LogP contribution in [0.25, 0.3) is 11.3 Å². The van der Waals surface area contributed by atoms with Crippen molar-refractivity contribution >= 4 is 11.6 Å². The Kier molecular flexibility index (Phi) is 2.33. The third-order valence-electron chi connectivity index (χ3n) is 1.81. The maximum Gasteiger partial charge on any atom is 0.116 e. The van der Waals surface area contributed by atoms with E-state index in [1.807, 2.05) is 0 Å². The van der Waals surface area contributed by atoms with Crippen molar-refractivity contribution in [3.8, 4) is 17.0 Å². The lowest BCUT2D eigenvalue weighted by Gasteiger charge is -2.01. The molecule has 2 aromatic rings. The number of phenolic OH excluding ortho intramolecular Hbond substituents is 1. The summed E-state index contributed by atoms with van der Waals surface area (Å²) in [5, 5.41) is 9.61. The van der Waals surface area contributed by atoms with Gasteiger partial charge in [-0.15, -0.1) is 0 Å². The molecule has 0 saturated heterocycles. The Morgan fingerprint density at radius 1 is 1.14 bits per heavy atom. The van der Waals surface area contributed by atoms with Crippen LogP contribution in [0.15, 0.2) is 36.8 Å². The van der Waals surface area contributed by atoms with Gasteiger partial charge in [-0.25, -0.2) is 9.97 Å². The molecule has 0 aliphatic heterocycles. The molecule has 0 atom stereocenters. The fraction of sp³-hybridized carbons (Fsp3) is 0. The lowest BCUT2D eigenvalue weighted by atomic mass is 10.1. The summed E-state index contributed by atoms with van der Waals surface area (Å²) >= 11 is 5.91. The number of nitrogens with zero attached hydrogens (tertiary/aromatic N) is 2. The molecule has 0 amide bonds. The second-order valence-electron chi connectivity index (χ2n) is 2.77. The molecule has 0 aliphatic carbocycles. The zero-order valence-electron chi connectivity index (χ0n) is 7.18. The van der Waals surface area contributed by atoms with Gasteiger partial charge < -0.3 is 5.11 Å². The van der Waals surface area contributed by atoms with Crippen molar-refractivity contribution in [1.82, 2.24) is 9.97 Å². The molecule has 0 aliphatic rings. The Balaban J connectivity index is 2.50. The van der Waals surface area contributed by atoms with Crippen molar-refractivity contribution in [3.05, 3.63) is 41.8 Å². The molecular formula is C10H7ClN2O. The molecule has 14 heavy (non-hydrogen) atoms. The van der Waals surface area contributed by atoms with Crippen LogP contribution in [0.3, 0.4) is 0 Å². The van der Waals surface area contributed by atoms with Gasteiger partial charge in [0.25, 0.3) is 0 Å². The molecule has 1 heterocycles. The van der Waals surface area contributed by atoms with Crippen molar-refractivity contribution < 1.29 is 5.11 Å². The number of phenols is 1. The highest BCUT2D eigenvalue weighted by Gasteiger charge is 2.03. The van der Waals surface area contributed by atoms with Gasteiger partial charge in [0, 0.05) is 11.8 Å². The van der Waals surface area contributed by atoms with E-state index in [-0.39, 0.29) is 5.75 Å². The SMILES string of the molecule is Oc1ccc(-c2ncncc2Cl)cc1. The number of aromatic hydroxyl groups is 1. The van der Waals surface area contributed by atoms with Crippen LogP contribution >= 0.6 is 11.6 Å². The van der Waals surface area contributed by atoms with Crippen LogP contribution in [-0.2, 0) is 0 Å². The molecule has 3 nitrogen and oxygen atoms in total. The average molecular weight is 207 g/mol. The summed E-state index contributed by atoms with van der Waals surface area (Å²) in [5.74, 6) is 0.221. The van der Waals surface area contributed by atoms with Gasteiger partial charge in [-0.2, -0.15) is 0 Å². The van der Waals surface area contributed by atoms with Gasteiger partial charge in [-0.05, 0) is 24.3 Å². The standard InChI is InChI=1S/C10H7ClN2O/c11-9-5-12-6-13-10(9)7-1-3-8(14)4-2-7/h1-6,14H. The first-order valence-corrected chi connectivity index (χ1v) is 4.40. The molecule has 0 saturated carbocycles. The Morgan fingerprint density at radius 3 is 2.50 bits per heavy atom. The van der Waals surface area contributed by atoms with Crippen LogP contribution < -0.4 is 0 Å². The molecule has 70 valence electrons. The van der Waals surface area contributed by atoms with Gasteiger partial charge in [0.15, 0.2) is 0 Å². The summed E-state index contributed by atoms with van der Waals surface area (Å²) in [6.45, 7) is 0. The number of hydrogen-bond acceptors (Lipinski definition) is 3. The van der Waals surface area contributed by atoms with E-state index in [1.165, 1.54) is 12.5 Å². The number of hydrogen-bond donors (Lipinski definition) is 1. The van der Waals surface area contributed by atoms with Crippen molar-refractivity contribution in [2.75, 3.05) is 0 Å². The van der Waals surface area contributed by atoms with E-state index in [4.69, 9.17) is 16.7 Å². The molecule has 1 aromatic heterocycles. The van der Waals surface area contributed by atoms with E-state index >= 15 is 0 Å². The number of halogens is 1. The van der Waals surface area contributed by atoms with E-state index in [9.17, 15) is 0 Å². The Morgan fingerprint density at radius 2 is 1.86 bits per heavy atom. The monoisotopic (exact) mass is 206 g/mol. The lowest BCUT2D eigenvalue weighted by Crippen LogP contribution is -1.85. The van der Waals surface area contributed by atoms with Crippen LogP contribution in [0.1, 0.15) is 0 Å². The largest absolute Gasteiger partial charge is 0.508 e. The molecule has 0 spiro atoms. The maximum atomic E-state index is 9.11. The van der Waals surface area contributed by atoms with Crippen LogP contribution in [0.5, 0.6) is 5.75 Å². The topological polar surface area (TPSA) is 46.0 Å². The highest BCUT2D eigenvalue weighted by molar-refractivity contribution is 6.32. The van der Waals surface area contributed by atoms with Gasteiger partial charge in [-0.1, -0.05) is 11.6 Å². The summed E-state index contributed by atoms with van der Waals surface area (Å²) in [6.07, 6.45) is 2.98. The van der Waals surface area contributed by atoms with Crippen LogP contribution in [0.2, 0.25) is 5.02 Å². The second kappa shape index (κ2) is 3.64. The van der Waals surface area contributed by atoms with Crippen molar-refractivity contribution in [3.63, 3.8) is 0 Å². The molecule has 0 bridgehead atoms. The molecule has 0 radical (unpaired) electrons. The minimum Gasteiger partial charge on any atom is -0.508 e. The number of benzene rings is 1. The average Bonchev–Trinajstić information content (AvgIpc) is 2.20. The minimum absolute atomic E-state index is 0.221. The smallest absolute Gasteiger partial charge is 0.116 e. The van der Waals surface area contributed by atoms with E-state index in [2.05, 4.69) is 9.97 Å². The molecular weight excluding hydrogens is 200 g/mol. The summed E-state index contributed by atoms with van der Waals surface area (Å²) in [7, 11) is 0. The van der Waals surface area contributed by atoms with Crippen LogP contribution in [0.4, 0.5) is 0 Å². The van der Waals surface area contributed by atoms with E-state index in [0.29, 0.717) is 10.7 Å². The zero-order chi connectivity index (χ0) is 9.97. The molecule has 2 rings (SSSR count). The summed E-state index contributed by atoms with van der Waals surface area (Å²) in [5.41, 5.74) is 1.52. The maximum absolute atomic E-state index is 9.11. The van der Waals surface area contributed by atoms with Crippen LogP contribution in [0, 0.1) is 0 Å². The Bertz CT molecular complexity index is 442. The first-order valence-electron chi connectivity index (χ1n) is 4.02. The van der Waals surface area contributed by atoms with E-state index < -0.39 is 0 Å². The van der Waals surface area contributed by atoms with Gasteiger partial charge in [0.05, 0.1) is 10.7 Å². The van der Waals surface area contributed by atoms with Gasteiger partial charge >= 0.3 is 0 Å². The highest BCUT2D eigenvalue weighted by Crippen LogP contribution is 2.25. The normalized spacial score (nSPS) is 10.1. The first-order chi connectivity index (χ1) is 6.77. The van der Waals surface area contributed by atoms with Gasteiger partial charge in [-0.3, -0.25) is 0 Å². The van der Waals surface area contributed by atoms with Crippen molar-refractivity contribution in [2.24, 2.45) is 0 Å². The quantitative estimate of drug-likeness (QED) is 0.780. The van der Waals surface area contributed by atoms with Crippen molar-refractivity contribution in [2.45, 2.75) is 0 Å². The second-order valence-corrected chi connectivity index (χ2v) is 3.17. The third kappa shape index (κ3) is 1.67. The Labute approximate surface area is 86.0 Å². The minimum atomic E-state index is 0.221. The van der Waals surface area contributed by atoms with Crippen LogP contribution in [-0.4, -0.2) is 15.1 Å².